The molecule has 0 radical (unpaired) electrons. The highest BCUT2D eigenvalue weighted by Gasteiger charge is 2.58. The van der Waals surface area contributed by atoms with Crippen molar-refractivity contribution >= 4 is 11.3 Å². The molecule has 14 heavy (non-hydrogen) atoms. The Kier molecular flexibility index (Phi) is 2.44. The molecule has 0 saturated heterocycles. The first-order valence-electron chi connectivity index (χ1n) is 5.39. The van der Waals surface area contributed by atoms with Crippen LogP contribution in [0.4, 0.5) is 0 Å². The van der Waals surface area contributed by atoms with Gasteiger partial charge in [-0.15, -0.1) is 11.3 Å². The van der Waals surface area contributed by atoms with Crippen LogP contribution in [0, 0.1) is 11.3 Å². The molecule has 1 nitrogen and oxygen atoms in total. The zero-order valence-corrected chi connectivity index (χ0v) is 10.0. The van der Waals surface area contributed by atoms with Gasteiger partial charge in [0, 0.05) is 10.8 Å². The summed E-state index contributed by atoms with van der Waals surface area (Å²) in [5.41, 5.74) is 7.77. The Bertz CT molecular complexity index is 327. The molecule has 2 heteroatoms. The van der Waals surface area contributed by atoms with Crippen LogP contribution in [0.3, 0.4) is 0 Å². The van der Waals surface area contributed by atoms with Gasteiger partial charge in [-0.2, -0.15) is 0 Å². The van der Waals surface area contributed by atoms with E-state index in [1.165, 1.54) is 5.56 Å². The molecule has 0 spiro atoms. The Balaban J connectivity index is 2.26. The van der Waals surface area contributed by atoms with E-state index in [-0.39, 0.29) is 0 Å². The fraction of sp³-hybridized carbons (Fsp3) is 0.667. The highest BCUT2D eigenvalue weighted by atomic mass is 32.1. The molecular formula is C12H19NS. The van der Waals surface area contributed by atoms with E-state index in [4.69, 9.17) is 5.73 Å². The van der Waals surface area contributed by atoms with Crippen molar-refractivity contribution < 1.29 is 0 Å². The number of nitrogens with two attached hydrogens (primary N) is 1. The first kappa shape index (κ1) is 10.2. The summed E-state index contributed by atoms with van der Waals surface area (Å²) in [6, 6.07) is 2.27. The van der Waals surface area contributed by atoms with Gasteiger partial charge >= 0.3 is 0 Å². The molecule has 0 bridgehead atoms. The highest BCUT2D eigenvalue weighted by Crippen LogP contribution is 2.65. The Morgan fingerprint density at radius 1 is 1.50 bits per heavy atom. The zero-order chi connectivity index (χ0) is 10.3. The molecule has 78 valence electrons. The van der Waals surface area contributed by atoms with Crippen LogP contribution in [0.25, 0.3) is 0 Å². The molecule has 0 unspecified atom stereocenters. The van der Waals surface area contributed by atoms with Crippen LogP contribution in [0.5, 0.6) is 0 Å². The summed E-state index contributed by atoms with van der Waals surface area (Å²) in [5.74, 6) is 1.42. The summed E-state index contributed by atoms with van der Waals surface area (Å²) in [4.78, 5) is 1.59. The second-order valence-electron chi connectivity index (χ2n) is 4.80. The Hall–Kier alpha value is -0.340. The predicted octanol–water partition coefficient (Wildman–Crippen LogP) is 3.01. The minimum atomic E-state index is 0.434. The first-order valence-corrected chi connectivity index (χ1v) is 6.27. The summed E-state index contributed by atoms with van der Waals surface area (Å²) in [7, 11) is 0. The van der Waals surface area contributed by atoms with E-state index in [1.807, 2.05) is 11.3 Å². The molecule has 2 N–H and O–H groups in total. The van der Waals surface area contributed by atoms with Crippen molar-refractivity contribution in [3.8, 4) is 0 Å². The quantitative estimate of drug-likeness (QED) is 0.813. The smallest absolute Gasteiger partial charge is 0.0117 e. The van der Waals surface area contributed by atoms with E-state index in [0.29, 0.717) is 11.3 Å². The van der Waals surface area contributed by atoms with E-state index in [1.54, 1.807) is 4.88 Å². The summed E-state index contributed by atoms with van der Waals surface area (Å²) >= 11 is 1.91. The van der Waals surface area contributed by atoms with E-state index < -0.39 is 0 Å². The third-order valence-corrected chi connectivity index (χ3v) is 4.79. The lowest BCUT2D eigenvalue weighted by Gasteiger charge is -2.02. The van der Waals surface area contributed by atoms with Crippen molar-refractivity contribution in [2.45, 2.75) is 33.1 Å². The number of hydrogen-bond acceptors (Lipinski definition) is 2. The number of hydrogen-bond donors (Lipinski definition) is 1. The van der Waals surface area contributed by atoms with Gasteiger partial charge in [0.25, 0.3) is 0 Å². The van der Waals surface area contributed by atoms with Crippen molar-refractivity contribution in [3.63, 3.8) is 0 Å². The number of aryl methyl sites for hydroxylation is 1. The van der Waals surface area contributed by atoms with Gasteiger partial charge in [-0.05, 0) is 41.3 Å². The molecule has 1 aromatic heterocycles. The second kappa shape index (κ2) is 3.35. The highest BCUT2D eigenvalue weighted by molar-refractivity contribution is 7.10. The molecule has 0 aliphatic heterocycles. The maximum atomic E-state index is 5.80. The van der Waals surface area contributed by atoms with Crippen molar-refractivity contribution in [2.75, 3.05) is 6.54 Å². The largest absolute Gasteiger partial charge is 0.330 e. The molecule has 1 heterocycles. The van der Waals surface area contributed by atoms with Gasteiger partial charge < -0.3 is 5.73 Å². The average Bonchev–Trinajstić information content (AvgIpc) is 2.55. The van der Waals surface area contributed by atoms with Gasteiger partial charge in [0.05, 0.1) is 0 Å². The molecule has 0 aromatic carbocycles. The molecule has 2 rings (SSSR count). The number of thiophene rings is 1. The van der Waals surface area contributed by atoms with Gasteiger partial charge in [0.2, 0.25) is 0 Å². The predicted molar refractivity (Wildman–Crippen MR) is 62.8 cm³/mol. The number of rotatable bonds is 3. The van der Waals surface area contributed by atoms with Gasteiger partial charge in [0.15, 0.2) is 0 Å². The molecule has 2 atom stereocenters. The Labute approximate surface area is 90.3 Å². The normalized spacial score (nSPS) is 29.1. The van der Waals surface area contributed by atoms with Crippen molar-refractivity contribution in [3.05, 3.63) is 21.9 Å². The third kappa shape index (κ3) is 1.32. The lowest BCUT2D eigenvalue weighted by molar-refractivity contribution is 0.559. The molecule has 1 aliphatic carbocycles. The van der Waals surface area contributed by atoms with Gasteiger partial charge in [0.1, 0.15) is 0 Å². The minimum Gasteiger partial charge on any atom is -0.330 e. The van der Waals surface area contributed by atoms with Crippen molar-refractivity contribution in [2.24, 2.45) is 17.1 Å². The first-order chi connectivity index (χ1) is 6.62. The zero-order valence-electron chi connectivity index (χ0n) is 9.21. The van der Waals surface area contributed by atoms with Gasteiger partial charge in [-0.3, -0.25) is 0 Å². The fourth-order valence-electron chi connectivity index (χ4n) is 2.62. The molecule has 1 saturated carbocycles. The van der Waals surface area contributed by atoms with Crippen molar-refractivity contribution in [1.29, 1.82) is 0 Å². The molecule has 1 fully saturated rings. The van der Waals surface area contributed by atoms with Crippen LogP contribution in [0.1, 0.15) is 37.1 Å². The monoisotopic (exact) mass is 209 g/mol. The van der Waals surface area contributed by atoms with Crippen LogP contribution in [-0.4, -0.2) is 6.54 Å². The van der Waals surface area contributed by atoms with Crippen LogP contribution < -0.4 is 5.73 Å². The van der Waals surface area contributed by atoms with Crippen LogP contribution in [-0.2, 0) is 6.42 Å². The SMILES string of the molecule is CCc1ccsc1[C@@H]1[C@@H](CN)C1(C)C. The van der Waals surface area contributed by atoms with E-state index >= 15 is 0 Å². The van der Waals surface area contributed by atoms with E-state index in [2.05, 4.69) is 32.2 Å². The summed E-state index contributed by atoms with van der Waals surface area (Å²) in [6.07, 6.45) is 1.16. The minimum absolute atomic E-state index is 0.434. The molecule has 1 aliphatic rings. The summed E-state index contributed by atoms with van der Waals surface area (Å²) in [6.45, 7) is 7.75. The van der Waals surface area contributed by atoms with Crippen molar-refractivity contribution in [1.82, 2.24) is 0 Å². The van der Waals surface area contributed by atoms with Gasteiger partial charge in [-0.1, -0.05) is 20.8 Å². The van der Waals surface area contributed by atoms with E-state index in [9.17, 15) is 0 Å². The lowest BCUT2D eigenvalue weighted by atomic mass is 10.1. The summed E-state index contributed by atoms with van der Waals surface area (Å²) in [5, 5.41) is 2.22. The topological polar surface area (TPSA) is 26.0 Å². The Morgan fingerprint density at radius 3 is 2.71 bits per heavy atom. The third-order valence-electron chi connectivity index (χ3n) is 3.75. The molecular weight excluding hydrogens is 190 g/mol. The van der Waals surface area contributed by atoms with E-state index in [0.717, 1.165) is 18.9 Å². The standard InChI is InChI=1S/C12H19NS/c1-4-8-5-6-14-11(8)10-9(7-13)12(10,2)3/h5-6,9-10H,4,7,13H2,1-3H3/t9-,10+/m1/s1. The maximum absolute atomic E-state index is 5.80. The van der Waals surface area contributed by atoms with Crippen LogP contribution >= 0.6 is 11.3 Å². The lowest BCUT2D eigenvalue weighted by Crippen LogP contribution is -2.05. The Morgan fingerprint density at radius 2 is 2.21 bits per heavy atom. The molecule has 1 aromatic rings. The molecule has 0 amide bonds. The van der Waals surface area contributed by atoms with Crippen LogP contribution in [0.15, 0.2) is 11.4 Å². The maximum Gasteiger partial charge on any atom is 0.0117 e. The second-order valence-corrected chi connectivity index (χ2v) is 5.75. The van der Waals surface area contributed by atoms with Crippen LogP contribution in [0.2, 0.25) is 0 Å². The summed E-state index contributed by atoms with van der Waals surface area (Å²) < 4.78 is 0. The fourth-order valence-corrected chi connectivity index (χ4v) is 3.97. The average molecular weight is 209 g/mol. The van der Waals surface area contributed by atoms with Gasteiger partial charge in [-0.25, -0.2) is 0 Å².